The Kier molecular flexibility index (Phi) is 4.25. The summed E-state index contributed by atoms with van der Waals surface area (Å²) in [6.45, 7) is 3.58. The van der Waals surface area contributed by atoms with Gasteiger partial charge in [-0.15, -0.1) is 0 Å². The fourth-order valence-electron chi connectivity index (χ4n) is 2.97. The van der Waals surface area contributed by atoms with E-state index < -0.39 is 0 Å². The normalized spacial score (nSPS) is 16.8. The zero-order valence-corrected chi connectivity index (χ0v) is 12.2. The van der Waals surface area contributed by atoms with Crippen molar-refractivity contribution in [1.82, 2.24) is 10.2 Å². The van der Waals surface area contributed by atoms with Gasteiger partial charge in [0.25, 0.3) is 0 Å². The van der Waals surface area contributed by atoms with Crippen LogP contribution in [0.2, 0.25) is 0 Å². The molecule has 0 aromatic heterocycles. The van der Waals surface area contributed by atoms with Crippen LogP contribution >= 0.6 is 0 Å². The summed E-state index contributed by atoms with van der Waals surface area (Å²) in [6, 6.07) is 8.37. The second kappa shape index (κ2) is 5.74. The molecule has 1 amide bonds. The van der Waals surface area contributed by atoms with Crippen molar-refractivity contribution in [3.63, 3.8) is 0 Å². The SMILES string of the molecule is CNCC1(C(=O)N(C)Cc2cccc(C)c2)CCC1. The topological polar surface area (TPSA) is 32.3 Å². The maximum absolute atomic E-state index is 12.6. The predicted octanol–water partition coefficient (Wildman–Crippen LogP) is 2.34. The monoisotopic (exact) mass is 260 g/mol. The minimum atomic E-state index is -0.146. The predicted molar refractivity (Wildman–Crippen MR) is 77.9 cm³/mol. The highest BCUT2D eigenvalue weighted by Crippen LogP contribution is 2.41. The number of carbonyl (C=O) groups excluding carboxylic acids is 1. The number of benzene rings is 1. The van der Waals surface area contributed by atoms with Gasteiger partial charge in [-0.25, -0.2) is 0 Å². The lowest BCUT2D eigenvalue weighted by Crippen LogP contribution is -2.51. The van der Waals surface area contributed by atoms with Crippen molar-refractivity contribution < 1.29 is 4.79 Å². The van der Waals surface area contributed by atoms with Gasteiger partial charge in [-0.05, 0) is 32.4 Å². The summed E-state index contributed by atoms with van der Waals surface area (Å²) in [7, 11) is 3.84. The molecule has 0 aliphatic heterocycles. The maximum atomic E-state index is 12.6. The molecule has 1 aliphatic rings. The summed E-state index contributed by atoms with van der Waals surface area (Å²) in [5.74, 6) is 0.287. The van der Waals surface area contributed by atoms with Gasteiger partial charge in [0, 0.05) is 20.1 Å². The third-order valence-electron chi connectivity index (χ3n) is 4.13. The molecule has 0 bridgehead atoms. The molecule has 1 saturated carbocycles. The van der Waals surface area contributed by atoms with Crippen molar-refractivity contribution in [2.75, 3.05) is 20.6 Å². The third kappa shape index (κ3) is 2.98. The van der Waals surface area contributed by atoms with Gasteiger partial charge in [-0.2, -0.15) is 0 Å². The molecule has 2 rings (SSSR count). The molecule has 104 valence electrons. The summed E-state index contributed by atoms with van der Waals surface area (Å²) in [5.41, 5.74) is 2.30. The van der Waals surface area contributed by atoms with Crippen molar-refractivity contribution in [2.45, 2.75) is 32.7 Å². The van der Waals surface area contributed by atoms with Crippen LogP contribution in [0.25, 0.3) is 0 Å². The quantitative estimate of drug-likeness (QED) is 0.881. The molecule has 0 atom stereocenters. The molecular weight excluding hydrogens is 236 g/mol. The van der Waals surface area contributed by atoms with Crippen molar-refractivity contribution in [3.8, 4) is 0 Å². The van der Waals surface area contributed by atoms with E-state index in [0.717, 1.165) is 19.4 Å². The van der Waals surface area contributed by atoms with Gasteiger partial charge in [0.15, 0.2) is 0 Å². The Balaban J connectivity index is 2.03. The van der Waals surface area contributed by atoms with E-state index in [9.17, 15) is 4.79 Å². The molecule has 0 saturated heterocycles. The lowest BCUT2D eigenvalue weighted by Gasteiger charge is -2.42. The fraction of sp³-hybridized carbons (Fsp3) is 0.562. The van der Waals surface area contributed by atoms with Crippen LogP contribution in [0.5, 0.6) is 0 Å². The molecule has 1 fully saturated rings. The van der Waals surface area contributed by atoms with Crippen molar-refractivity contribution in [3.05, 3.63) is 35.4 Å². The molecular formula is C16H24N2O. The van der Waals surface area contributed by atoms with E-state index in [4.69, 9.17) is 0 Å². The first-order valence-corrected chi connectivity index (χ1v) is 7.03. The van der Waals surface area contributed by atoms with Crippen LogP contribution in [-0.2, 0) is 11.3 Å². The van der Waals surface area contributed by atoms with E-state index >= 15 is 0 Å². The second-order valence-corrected chi connectivity index (χ2v) is 5.81. The van der Waals surface area contributed by atoms with Crippen LogP contribution in [0.1, 0.15) is 30.4 Å². The number of carbonyl (C=O) groups is 1. The fourth-order valence-corrected chi connectivity index (χ4v) is 2.97. The number of amides is 1. The van der Waals surface area contributed by atoms with E-state index in [2.05, 4.69) is 36.5 Å². The van der Waals surface area contributed by atoms with Crippen LogP contribution in [0.15, 0.2) is 24.3 Å². The standard InChI is InChI=1S/C16H24N2O/c1-13-6-4-7-14(10-13)11-18(3)15(19)16(12-17-2)8-5-9-16/h4,6-7,10,17H,5,8-9,11-12H2,1-3H3. The Bertz CT molecular complexity index is 452. The first-order chi connectivity index (χ1) is 9.07. The summed E-state index contributed by atoms with van der Waals surface area (Å²) in [4.78, 5) is 14.5. The second-order valence-electron chi connectivity index (χ2n) is 5.81. The number of nitrogens with one attached hydrogen (secondary N) is 1. The number of nitrogens with zero attached hydrogens (tertiary/aromatic N) is 1. The van der Waals surface area contributed by atoms with Gasteiger partial charge < -0.3 is 10.2 Å². The zero-order chi connectivity index (χ0) is 13.9. The van der Waals surface area contributed by atoms with Gasteiger partial charge in [0.05, 0.1) is 5.41 Å². The van der Waals surface area contributed by atoms with Crippen molar-refractivity contribution in [1.29, 1.82) is 0 Å². The van der Waals surface area contributed by atoms with Crippen LogP contribution in [-0.4, -0.2) is 31.4 Å². The summed E-state index contributed by atoms with van der Waals surface area (Å²) in [6.07, 6.45) is 3.21. The molecule has 1 aromatic rings. The largest absolute Gasteiger partial charge is 0.341 e. The molecule has 3 nitrogen and oxygen atoms in total. The third-order valence-corrected chi connectivity index (χ3v) is 4.13. The van der Waals surface area contributed by atoms with Gasteiger partial charge in [0.2, 0.25) is 5.91 Å². The zero-order valence-electron chi connectivity index (χ0n) is 12.2. The first kappa shape index (κ1) is 14.1. The average Bonchev–Trinajstić information content (AvgIpc) is 2.33. The van der Waals surface area contributed by atoms with Crippen LogP contribution in [0.3, 0.4) is 0 Å². The molecule has 1 N–H and O–H groups in total. The number of hydrogen-bond donors (Lipinski definition) is 1. The maximum Gasteiger partial charge on any atom is 0.230 e. The minimum Gasteiger partial charge on any atom is -0.341 e. The molecule has 1 aromatic carbocycles. The lowest BCUT2D eigenvalue weighted by atomic mass is 9.67. The van der Waals surface area contributed by atoms with Gasteiger partial charge >= 0.3 is 0 Å². The molecule has 0 spiro atoms. The smallest absolute Gasteiger partial charge is 0.230 e. The Morgan fingerprint density at radius 1 is 1.42 bits per heavy atom. The van der Waals surface area contributed by atoms with Crippen molar-refractivity contribution in [2.24, 2.45) is 5.41 Å². The minimum absolute atomic E-state index is 0.146. The molecule has 0 radical (unpaired) electrons. The highest BCUT2D eigenvalue weighted by molar-refractivity contribution is 5.83. The average molecular weight is 260 g/mol. The molecule has 0 heterocycles. The molecule has 0 unspecified atom stereocenters. The Hall–Kier alpha value is -1.35. The van der Waals surface area contributed by atoms with Gasteiger partial charge in [0.1, 0.15) is 0 Å². The van der Waals surface area contributed by atoms with Gasteiger partial charge in [-0.3, -0.25) is 4.79 Å². The van der Waals surface area contributed by atoms with Crippen LogP contribution < -0.4 is 5.32 Å². The summed E-state index contributed by atoms with van der Waals surface area (Å²) in [5, 5.41) is 3.17. The molecule has 3 heteroatoms. The van der Waals surface area contributed by atoms with E-state index in [1.54, 1.807) is 0 Å². The first-order valence-electron chi connectivity index (χ1n) is 7.03. The van der Waals surface area contributed by atoms with Gasteiger partial charge in [-0.1, -0.05) is 36.2 Å². The van der Waals surface area contributed by atoms with Crippen LogP contribution in [0.4, 0.5) is 0 Å². The lowest BCUT2D eigenvalue weighted by molar-refractivity contribution is -0.146. The summed E-state index contributed by atoms with van der Waals surface area (Å²) >= 11 is 0. The van der Waals surface area contributed by atoms with E-state index in [-0.39, 0.29) is 11.3 Å². The van der Waals surface area contributed by atoms with Crippen molar-refractivity contribution >= 4 is 5.91 Å². The Labute approximate surface area is 116 Å². The Morgan fingerprint density at radius 3 is 2.68 bits per heavy atom. The van der Waals surface area contributed by atoms with Crippen LogP contribution in [0, 0.1) is 12.3 Å². The Morgan fingerprint density at radius 2 is 2.16 bits per heavy atom. The molecule has 19 heavy (non-hydrogen) atoms. The number of hydrogen-bond acceptors (Lipinski definition) is 2. The summed E-state index contributed by atoms with van der Waals surface area (Å²) < 4.78 is 0. The van der Waals surface area contributed by atoms with E-state index in [0.29, 0.717) is 6.54 Å². The highest BCUT2D eigenvalue weighted by atomic mass is 16.2. The number of rotatable bonds is 5. The molecule has 1 aliphatic carbocycles. The van der Waals surface area contributed by atoms with E-state index in [1.807, 2.05) is 19.0 Å². The number of aryl methyl sites for hydroxylation is 1. The highest BCUT2D eigenvalue weighted by Gasteiger charge is 2.44. The van der Waals surface area contributed by atoms with E-state index in [1.165, 1.54) is 17.5 Å².